The molecular formula is C16H16N4O4S. The van der Waals surface area contributed by atoms with Crippen molar-refractivity contribution in [2.75, 3.05) is 18.2 Å². The molecule has 0 unspecified atom stereocenters. The first-order valence-corrected chi connectivity index (χ1v) is 8.42. The van der Waals surface area contributed by atoms with E-state index in [1.807, 2.05) is 24.3 Å². The highest BCUT2D eigenvalue weighted by molar-refractivity contribution is 7.99. The minimum atomic E-state index is -0.240. The normalized spacial score (nSPS) is 10.6. The smallest absolute Gasteiger partial charge is 0.277 e. The quantitative estimate of drug-likeness (QED) is 0.642. The van der Waals surface area contributed by atoms with Crippen molar-refractivity contribution in [3.63, 3.8) is 0 Å². The number of nitrogens with zero attached hydrogens (tertiary/aromatic N) is 3. The van der Waals surface area contributed by atoms with E-state index in [-0.39, 0.29) is 11.7 Å². The van der Waals surface area contributed by atoms with E-state index in [0.717, 1.165) is 23.1 Å². The second-order valence-corrected chi connectivity index (χ2v) is 6.08. The molecule has 0 aliphatic heterocycles. The fraction of sp³-hybridized carbons (Fsp3) is 0.250. The Labute approximate surface area is 147 Å². The molecule has 3 aromatic rings. The first-order chi connectivity index (χ1) is 12.1. The molecule has 130 valence electrons. The van der Waals surface area contributed by atoms with Gasteiger partial charge in [0.15, 0.2) is 0 Å². The molecule has 0 saturated heterocycles. The van der Waals surface area contributed by atoms with Crippen molar-refractivity contribution in [1.82, 2.24) is 15.4 Å². The van der Waals surface area contributed by atoms with Crippen LogP contribution in [-0.2, 0) is 11.2 Å². The van der Waals surface area contributed by atoms with Crippen LogP contribution in [0.25, 0.3) is 0 Å². The van der Waals surface area contributed by atoms with Crippen LogP contribution in [0.4, 0.5) is 5.88 Å². The van der Waals surface area contributed by atoms with Crippen LogP contribution in [0, 0.1) is 6.92 Å². The highest BCUT2D eigenvalue weighted by Gasteiger charge is 2.12. The molecule has 8 nitrogen and oxygen atoms in total. The van der Waals surface area contributed by atoms with Crippen molar-refractivity contribution in [3.8, 4) is 5.75 Å². The summed E-state index contributed by atoms with van der Waals surface area (Å²) in [5.41, 5.74) is 1.72. The van der Waals surface area contributed by atoms with Crippen molar-refractivity contribution in [1.29, 1.82) is 0 Å². The minimum Gasteiger partial charge on any atom is -0.497 e. The third-order valence-corrected chi connectivity index (χ3v) is 4.00. The van der Waals surface area contributed by atoms with E-state index in [1.54, 1.807) is 20.1 Å². The lowest BCUT2D eigenvalue weighted by atomic mass is 10.1. The van der Waals surface area contributed by atoms with Gasteiger partial charge in [0.25, 0.3) is 5.22 Å². The zero-order valence-electron chi connectivity index (χ0n) is 13.7. The van der Waals surface area contributed by atoms with Crippen molar-refractivity contribution >= 4 is 23.6 Å². The van der Waals surface area contributed by atoms with E-state index in [9.17, 15) is 4.79 Å². The third-order valence-electron chi connectivity index (χ3n) is 3.18. The zero-order chi connectivity index (χ0) is 17.6. The van der Waals surface area contributed by atoms with Gasteiger partial charge in [-0.05, 0) is 24.6 Å². The van der Waals surface area contributed by atoms with Crippen LogP contribution in [-0.4, -0.2) is 34.1 Å². The molecule has 25 heavy (non-hydrogen) atoms. The number of hydrogen-bond donors (Lipinski definition) is 1. The average molecular weight is 360 g/mol. The van der Waals surface area contributed by atoms with Crippen LogP contribution in [0.2, 0.25) is 0 Å². The summed E-state index contributed by atoms with van der Waals surface area (Å²) in [4.78, 5) is 11.8. The molecule has 9 heteroatoms. The van der Waals surface area contributed by atoms with Crippen LogP contribution in [0.1, 0.15) is 17.1 Å². The van der Waals surface area contributed by atoms with Crippen LogP contribution >= 0.6 is 11.8 Å². The number of carbonyl (C=O) groups is 1. The zero-order valence-corrected chi connectivity index (χ0v) is 14.5. The maximum atomic E-state index is 11.8. The molecular weight excluding hydrogens is 344 g/mol. The van der Waals surface area contributed by atoms with Crippen molar-refractivity contribution in [3.05, 3.63) is 47.5 Å². The van der Waals surface area contributed by atoms with Crippen molar-refractivity contribution in [2.24, 2.45) is 0 Å². The maximum Gasteiger partial charge on any atom is 0.277 e. The first kappa shape index (κ1) is 17.0. The number of carbonyl (C=O) groups excluding carboxylic acids is 1. The Balaban J connectivity index is 1.50. The molecule has 1 N–H and O–H groups in total. The van der Waals surface area contributed by atoms with Gasteiger partial charge in [0.2, 0.25) is 17.7 Å². The Morgan fingerprint density at radius 3 is 2.76 bits per heavy atom. The van der Waals surface area contributed by atoms with E-state index in [2.05, 4.69) is 20.7 Å². The van der Waals surface area contributed by atoms with Crippen LogP contribution in [0.3, 0.4) is 0 Å². The molecule has 3 rings (SSSR count). The summed E-state index contributed by atoms with van der Waals surface area (Å²) >= 11 is 1.16. The topological polar surface area (TPSA) is 103 Å². The lowest BCUT2D eigenvalue weighted by molar-refractivity contribution is -0.113. The van der Waals surface area contributed by atoms with E-state index in [1.165, 1.54) is 0 Å². The molecule has 0 saturated carbocycles. The second-order valence-electron chi connectivity index (χ2n) is 5.16. The van der Waals surface area contributed by atoms with E-state index in [4.69, 9.17) is 13.7 Å². The molecule has 0 fully saturated rings. The summed E-state index contributed by atoms with van der Waals surface area (Å²) in [5.74, 6) is 1.48. The Morgan fingerprint density at radius 1 is 1.28 bits per heavy atom. The first-order valence-electron chi connectivity index (χ1n) is 7.43. The molecule has 1 aromatic carbocycles. The molecule has 0 bridgehead atoms. The number of anilines is 1. The Hall–Kier alpha value is -2.81. The van der Waals surface area contributed by atoms with Gasteiger partial charge in [0, 0.05) is 6.07 Å². The van der Waals surface area contributed by atoms with Gasteiger partial charge in [-0.2, -0.15) is 0 Å². The minimum absolute atomic E-state index is 0.129. The number of methoxy groups -OCH3 is 1. The number of nitrogens with one attached hydrogen (secondary N) is 1. The van der Waals surface area contributed by atoms with Gasteiger partial charge in [-0.15, -0.1) is 10.2 Å². The number of thioether (sulfide) groups is 1. The number of benzene rings is 1. The Morgan fingerprint density at radius 2 is 2.08 bits per heavy atom. The number of rotatable bonds is 7. The predicted octanol–water partition coefficient (Wildman–Crippen LogP) is 2.70. The molecule has 0 aliphatic rings. The lowest BCUT2D eigenvalue weighted by Crippen LogP contribution is -2.13. The third kappa shape index (κ3) is 4.83. The number of hydrogen-bond acceptors (Lipinski definition) is 8. The fourth-order valence-electron chi connectivity index (χ4n) is 2.01. The average Bonchev–Trinajstić information content (AvgIpc) is 3.22. The summed E-state index contributed by atoms with van der Waals surface area (Å²) in [6.45, 7) is 1.77. The van der Waals surface area contributed by atoms with Crippen molar-refractivity contribution in [2.45, 2.75) is 18.6 Å². The molecule has 1 amide bonds. The largest absolute Gasteiger partial charge is 0.497 e. The van der Waals surface area contributed by atoms with Gasteiger partial charge in [-0.3, -0.25) is 10.1 Å². The number of amides is 1. The molecule has 0 aliphatic carbocycles. The molecule has 2 aromatic heterocycles. The Bertz CT molecular complexity index is 844. The van der Waals surface area contributed by atoms with E-state index < -0.39 is 0 Å². The summed E-state index contributed by atoms with van der Waals surface area (Å²) < 4.78 is 15.6. The van der Waals surface area contributed by atoms with Crippen LogP contribution in [0.15, 0.2) is 44.5 Å². The second kappa shape index (κ2) is 7.84. The van der Waals surface area contributed by atoms with Gasteiger partial charge >= 0.3 is 0 Å². The standard InChI is InChI=1S/C16H16N4O4S/c1-10-7-14(24-20-10)17-13(21)9-25-16-19-18-15(23-16)8-11-3-5-12(22-2)6-4-11/h3-7H,8-9H2,1-2H3,(H,17,21). The summed E-state index contributed by atoms with van der Waals surface area (Å²) in [7, 11) is 1.62. The van der Waals surface area contributed by atoms with Gasteiger partial charge in [-0.1, -0.05) is 29.1 Å². The highest BCUT2D eigenvalue weighted by Crippen LogP contribution is 2.19. The van der Waals surface area contributed by atoms with Crippen LogP contribution in [0.5, 0.6) is 5.75 Å². The maximum absolute atomic E-state index is 11.8. The highest BCUT2D eigenvalue weighted by atomic mass is 32.2. The van der Waals surface area contributed by atoms with Gasteiger partial charge in [0.05, 0.1) is 25.0 Å². The molecule has 0 atom stereocenters. The Kier molecular flexibility index (Phi) is 5.34. The van der Waals surface area contributed by atoms with Gasteiger partial charge < -0.3 is 13.7 Å². The van der Waals surface area contributed by atoms with E-state index in [0.29, 0.717) is 29.1 Å². The molecule has 0 radical (unpaired) electrons. The van der Waals surface area contributed by atoms with Gasteiger partial charge in [-0.25, -0.2) is 0 Å². The monoisotopic (exact) mass is 360 g/mol. The van der Waals surface area contributed by atoms with E-state index >= 15 is 0 Å². The number of aryl methyl sites for hydroxylation is 1. The van der Waals surface area contributed by atoms with Crippen molar-refractivity contribution < 1.29 is 18.5 Å². The summed E-state index contributed by atoms with van der Waals surface area (Å²) in [6.07, 6.45) is 0.515. The fourth-order valence-corrected chi connectivity index (χ4v) is 2.59. The van der Waals surface area contributed by atoms with Crippen LogP contribution < -0.4 is 10.1 Å². The van der Waals surface area contributed by atoms with Gasteiger partial charge in [0.1, 0.15) is 5.75 Å². The summed E-state index contributed by atoms with van der Waals surface area (Å²) in [5, 5.41) is 14.6. The SMILES string of the molecule is COc1ccc(Cc2nnc(SCC(=O)Nc3cc(C)no3)o2)cc1. The number of aromatic nitrogens is 3. The molecule has 0 spiro atoms. The lowest BCUT2D eigenvalue weighted by Gasteiger charge is -2.00. The molecule has 2 heterocycles. The number of ether oxygens (including phenoxy) is 1. The predicted molar refractivity (Wildman–Crippen MR) is 90.7 cm³/mol. The summed E-state index contributed by atoms with van der Waals surface area (Å²) in [6, 6.07) is 9.25.